The molecule has 134 valence electrons. The molecule has 0 aliphatic heterocycles. The summed E-state index contributed by atoms with van der Waals surface area (Å²) in [4.78, 5) is 23.2. The molecular formula is C12H12F3NO6S2. The lowest BCUT2D eigenvalue weighted by Crippen LogP contribution is -2.30. The van der Waals surface area contributed by atoms with Crippen LogP contribution in [0.2, 0.25) is 0 Å². The quantitative estimate of drug-likeness (QED) is 0.416. The lowest BCUT2D eigenvalue weighted by molar-refractivity contribution is -0.0500. The molecule has 0 radical (unpaired) electrons. The highest BCUT2D eigenvalue weighted by molar-refractivity contribution is 7.98. The van der Waals surface area contributed by atoms with Crippen molar-refractivity contribution in [1.29, 1.82) is 0 Å². The molecule has 12 heteroatoms. The number of thioether (sulfide) groups is 1. The highest BCUT2D eigenvalue weighted by Gasteiger charge is 2.49. The Labute approximate surface area is 139 Å². The van der Waals surface area contributed by atoms with Crippen molar-refractivity contribution in [2.24, 2.45) is 0 Å². The van der Waals surface area contributed by atoms with Crippen molar-refractivity contribution in [3.05, 3.63) is 29.3 Å². The summed E-state index contributed by atoms with van der Waals surface area (Å²) in [5.41, 5.74) is -7.23. The predicted octanol–water partition coefficient (Wildman–Crippen LogP) is 1.71. The van der Waals surface area contributed by atoms with Gasteiger partial charge < -0.3 is 14.6 Å². The molecule has 0 aliphatic rings. The van der Waals surface area contributed by atoms with Gasteiger partial charge in [-0.05, 0) is 18.4 Å². The first-order chi connectivity index (χ1) is 11.0. The van der Waals surface area contributed by atoms with Crippen LogP contribution in [0.5, 0.6) is 5.75 Å². The predicted molar refractivity (Wildman–Crippen MR) is 79.7 cm³/mol. The van der Waals surface area contributed by atoms with E-state index in [1.54, 1.807) is 6.26 Å². The molecule has 0 aromatic heterocycles. The highest BCUT2D eigenvalue weighted by Crippen LogP contribution is 2.30. The van der Waals surface area contributed by atoms with Crippen molar-refractivity contribution in [3.63, 3.8) is 0 Å². The number of carboxylic acids is 1. The van der Waals surface area contributed by atoms with Crippen molar-refractivity contribution < 1.29 is 40.5 Å². The zero-order valence-corrected chi connectivity index (χ0v) is 13.7. The zero-order valence-electron chi connectivity index (χ0n) is 12.1. The highest BCUT2D eigenvalue weighted by atomic mass is 32.2. The van der Waals surface area contributed by atoms with Gasteiger partial charge in [-0.15, -0.1) is 0 Å². The molecule has 0 saturated carbocycles. The molecule has 0 spiro atoms. The number of aromatic carboxylic acids is 1. The van der Waals surface area contributed by atoms with Gasteiger partial charge in [-0.3, -0.25) is 4.79 Å². The van der Waals surface area contributed by atoms with E-state index in [2.05, 4.69) is 9.50 Å². The molecule has 1 rings (SSSR count). The van der Waals surface area contributed by atoms with Gasteiger partial charge in [0.05, 0.1) is 5.56 Å². The van der Waals surface area contributed by atoms with Crippen LogP contribution in [0, 0.1) is 0 Å². The first-order valence-electron chi connectivity index (χ1n) is 6.15. The molecular weight excluding hydrogens is 375 g/mol. The maximum absolute atomic E-state index is 12.4. The molecule has 1 amide bonds. The van der Waals surface area contributed by atoms with Crippen molar-refractivity contribution >= 4 is 33.8 Å². The molecule has 0 aliphatic carbocycles. The number of hydrogen-bond acceptors (Lipinski definition) is 6. The number of benzene rings is 1. The van der Waals surface area contributed by atoms with Gasteiger partial charge in [0.2, 0.25) is 0 Å². The number of carboxylic acid groups (broad SMARTS) is 1. The number of rotatable bonds is 7. The number of alkyl halides is 3. The van der Waals surface area contributed by atoms with Crippen molar-refractivity contribution in [1.82, 2.24) is 5.32 Å². The Morgan fingerprint density at radius 3 is 2.46 bits per heavy atom. The van der Waals surface area contributed by atoms with Crippen LogP contribution in [-0.2, 0) is 10.1 Å². The largest absolute Gasteiger partial charge is 0.534 e. The van der Waals surface area contributed by atoms with Gasteiger partial charge >= 0.3 is 21.6 Å². The summed E-state index contributed by atoms with van der Waals surface area (Å²) in [6.07, 6.45) is 1.77. The summed E-state index contributed by atoms with van der Waals surface area (Å²) >= 11 is 1.40. The third-order valence-electron chi connectivity index (χ3n) is 2.56. The summed E-state index contributed by atoms with van der Waals surface area (Å²) in [5, 5.41) is 11.5. The molecule has 24 heavy (non-hydrogen) atoms. The van der Waals surface area contributed by atoms with Crippen LogP contribution in [-0.4, -0.2) is 49.5 Å². The van der Waals surface area contributed by atoms with Gasteiger partial charge in [0.1, 0.15) is 5.56 Å². The lowest BCUT2D eigenvalue weighted by atomic mass is 10.1. The van der Waals surface area contributed by atoms with Crippen molar-refractivity contribution in [3.8, 4) is 5.75 Å². The Balaban J connectivity index is 3.27. The van der Waals surface area contributed by atoms with Crippen LogP contribution in [0.25, 0.3) is 0 Å². The van der Waals surface area contributed by atoms with Crippen molar-refractivity contribution in [2.75, 3.05) is 18.6 Å². The SMILES string of the molecule is CSCCNC(=O)c1cccc(OS(=O)(=O)C(F)(F)F)c1C(=O)O. The molecule has 0 saturated heterocycles. The van der Waals surface area contributed by atoms with E-state index in [0.29, 0.717) is 11.8 Å². The molecule has 2 N–H and O–H groups in total. The van der Waals surface area contributed by atoms with E-state index in [9.17, 15) is 31.2 Å². The van der Waals surface area contributed by atoms with E-state index in [1.807, 2.05) is 0 Å². The number of halogens is 3. The fraction of sp³-hybridized carbons (Fsp3) is 0.333. The third-order valence-corrected chi connectivity index (χ3v) is 4.14. The fourth-order valence-electron chi connectivity index (χ4n) is 1.54. The third kappa shape index (κ3) is 4.77. The van der Waals surface area contributed by atoms with E-state index in [4.69, 9.17) is 5.11 Å². The second-order valence-corrected chi connectivity index (χ2v) is 6.74. The number of nitrogens with one attached hydrogen (secondary N) is 1. The molecule has 0 fully saturated rings. The number of carbonyl (C=O) groups excluding carboxylic acids is 1. The molecule has 1 aromatic rings. The second-order valence-electron chi connectivity index (χ2n) is 4.22. The first-order valence-corrected chi connectivity index (χ1v) is 8.95. The molecule has 0 bridgehead atoms. The monoisotopic (exact) mass is 387 g/mol. The Morgan fingerprint density at radius 1 is 1.33 bits per heavy atom. The van der Waals surface area contributed by atoms with E-state index in [-0.39, 0.29) is 6.54 Å². The maximum Gasteiger partial charge on any atom is 0.534 e. The second kappa shape index (κ2) is 7.75. The molecule has 0 heterocycles. The van der Waals surface area contributed by atoms with Gasteiger partial charge in [0.15, 0.2) is 5.75 Å². The van der Waals surface area contributed by atoms with Crippen LogP contribution in [0.1, 0.15) is 20.7 Å². The van der Waals surface area contributed by atoms with Gasteiger partial charge in [-0.1, -0.05) is 6.07 Å². The Kier molecular flexibility index (Phi) is 6.49. The summed E-state index contributed by atoms with van der Waals surface area (Å²) in [5.74, 6) is -3.26. The summed E-state index contributed by atoms with van der Waals surface area (Å²) in [6, 6.07) is 2.76. The van der Waals surface area contributed by atoms with Crippen LogP contribution >= 0.6 is 11.8 Å². The van der Waals surface area contributed by atoms with E-state index in [1.165, 1.54) is 11.8 Å². The molecule has 1 aromatic carbocycles. The summed E-state index contributed by atoms with van der Waals surface area (Å²) in [7, 11) is -6.07. The van der Waals surface area contributed by atoms with Gasteiger partial charge in [-0.2, -0.15) is 33.4 Å². The lowest BCUT2D eigenvalue weighted by Gasteiger charge is -2.13. The van der Waals surface area contributed by atoms with Crippen molar-refractivity contribution in [2.45, 2.75) is 5.51 Å². The summed E-state index contributed by atoms with van der Waals surface area (Å²) in [6.45, 7) is 0.186. The number of carbonyl (C=O) groups is 2. The first kappa shape index (κ1) is 20.1. The van der Waals surface area contributed by atoms with Crippen LogP contribution in [0.3, 0.4) is 0 Å². The Hall–Kier alpha value is -1.95. The average molecular weight is 387 g/mol. The van der Waals surface area contributed by atoms with Crippen LogP contribution in [0.15, 0.2) is 18.2 Å². The summed E-state index contributed by atoms with van der Waals surface area (Å²) < 4.78 is 63.1. The topological polar surface area (TPSA) is 110 Å². The van der Waals surface area contributed by atoms with Crippen LogP contribution in [0.4, 0.5) is 13.2 Å². The van der Waals surface area contributed by atoms with E-state index < -0.39 is 44.4 Å². The maximum atomic E-state index is 12.4. The molecule has 0 atom stereocenters. The Bertz CT molecular complexity index is 733. The number of amides is 1. The normalized spacial score (nSPS) is 11.8. The average Bonchev–Trinajstić information content (AvgIpc) is 2.45. The fourth-order valence-corrected chi connectivity index (χ4v) is 2.31. The number of hydrogen-bond donors (Lipinski definition) is 2. The Morgan fingerprint density at radius 2 is 1.96 bits per heavy atom. The minimum atomic E-state index is -6.07. The minimum absolute atomic E-state index is 0.186. The van der Waals surface area contributed by atoms with Gasteiger partial charge in [0, 0.05) is 12.3 Å². The van der Waals surface area contributed by atoms with Crippen LogP contribution < -0.4 is 9.50 Å². The van der Waals surface area contributed by atoms with Gasteiger partial charge in [-0.25, -0.2) is 4.79 Å². The minimum Gasteiger partial charge on any atom is -0.478 e. The molecule has 7 nitrogen and oxygen atoms in total. The zero-order chi connectivity index (χ0) is 18.5. The smallest absolute Gasteiger partial charge is 0.478 e. The van der Waals surface area contributed by atoms with E-state index in [0.717, 1.165) is 12.1 Å². The standard InChI is InChI=1S/C12H12F3NO6S2/c1-23-6-5-16-10(17)7-3-2-4-8(9(7)11(18)19)22-24(20,21)12(13,14)15/h2-4H,5-6H2,1H3,(H,16,17)(H,18,19). The van der Waals surface area contributed by atoms with E-state index >= 15 is 0 Å². The van der Waals surface area contributed by atoms with Gasteiger partial charge in [0.25, 0.3) is 5.91 Å². The molecule has 0 unspecified atom stereocenters.